The molecule has 1 rings (SSSR count). The smallest absolute Gasteiger partial charge is 0.0637 e. The number of rotatable bonds is 8. The van der Waals surface area contributed by atoms with Crippen LogP contribution >= 0.6 is 23.2 Å². The summed E-state index contributed by atoms with van der Waals surface area (Å²) >= 11 is 12.0. The summed E-state index contributed by atoms with van der Waals surface area (Å²) in [5.41, 5.74) is 1.04. The van der Waals surface area contributed by atoms with Crippen LogP contribution < -0.4 is 5.32 Å². The van der Waals surface area contributed by atoms with E-state index in [0.717, 1.165) is 44.7 Å². The normalized spacial score (nSPS) is 10.8. The van der Waals surface area contributed by atoms with Crippen molar-refractivity contribution < 1.29 is 4.74 Å². The molecule has 1 aromatic carbocycles. The summed E-state index contributed by atoms with van der Waals surface area (Å²) in [7, 11) is 0. The highest BCUT2D eigenvalue weighted by molar-refractivity contribution is 6.42. The van der Waals surface area contributed by atoms with Gasteiger partial charge in [-0.2, -0.15) is 0 Å². The number of benzene rings is 1. The molecule has 2 nitrogen and oxygen atoms in total. The molecule has 1 N–H and O–H groups in total. The van der Waals surface area contributed by atoms with Crippen LogP contribution in [0.4, 0.5) is 0 Å². The lowest BCUT2D eigenvalue weighted by atomic mass is 10.2. The van der Waals surface area contributed by atoms with Gasteiger partial charge >= 0.3 is 0 Å². The molecule has 0 amide bonds. The van der Waals surface area contributed by atoms with Crippen molar-refractivity contribution in [3.63, 3.8) is 0 Å². The van der Waals surface area contributed by atoms with E-state index in [2.05, 4.69) is 12.2 Å². The first kappa shape index (κ1) is 14.8. The second-order valence-electron chi connectivity index (χ2n) is 3.86. The molecule has 17 heavy (non-hydrogen) atoms. The molecular weight excluding hydrogens is 257 g/mol. The van der Waals surface area contributed by atoms with Gasteiger partial charge < -0.3 is 10.1 Å². The van der Waals surface area contributed by atoms with Crippen molar-refractivity contribution in [1.82, 2.24) is 5.32 Å². The van der Waals surface area contributed by atoms with Gasteiger partial charge in [0.25, 0.3) is 0 Å². The van der Waals surface area contributed by atoms with Gasteiger partial charge in [-0.3, -0.25) is 0 Å². The molecule has 1 aromatic rings. The third-order valence-electron chi connectivity index (χ3n) is 2.34. The molecule has 0 aromatic heterocycles. The van der Waals surface area contributed by atoms with Crippen molar-refractivity contribution >= 4 is 23.2 Å². The summed E-state index contributed by atoms with van der Waals surface area (Å²) in [6, 6.07) is 5.69. The first-order valence-electron chi connectivity index (χ1n) is 5.97. The van der Waals surface area contributed by atoms with Gasteiger partial charge in [-0.1, -0.05) is 42.3 Å². The van der Waals surface area contributed by atoms with Crippen molar-refractivity contribution in [2.45, 2.75) is 26.3 Å². The zero-order valence-corrected chi connectivity index (χ0v) is 11.7. The molecule has 96 valence electrons. The second kappa shape index (κ2) is 8.76. The predicted octanol–water partition coefficient (Wildman–Crippen LogP) is 3.90. The number of hydrogen-bond donors (Lipinski definition) is 1. The van der Waals surface area contributed by atoms with E-state index in [1.165, 1.54) is 0 Å². The summed E-state index contributed by atoms with van der Waals surface area (Å²) in [6.45, 7) is 5.43. The van der Waals surface area contributed by atoms with E-state index in [1.807, 2.05) is 12.1 Å². The van der Waals surface area contributed by atoms with E-state index >= 15 is 0 Å². The minimum Gasteiger partial charge on any atom is -0.381 e. The molecule has 0 spiro atoms. The van der Waals surface area contributed by atoms with Crippen LogP contribution in [0.25, 0.3) is 0 Å². The van der Waals surface area contributed by atoms with Crippen LogP contribution in [-0.2, 0) is 11.3 Å². The van der Waals surface area contributed by atoms with Crippen LogP contribution in [0.15, 0.2) is 18.2 Å². The Hall–Kier alpha value is -0.280. The molecule has 0 fully saturated rings. The third kappa shape index (κ3) is 5.73. The van der Waals surface area contributed by atoms with E-state index in [-0.39, 0.29) is 0 Å². The largest absolute Gasteiger partial charge is 0.381 e. The van der Waals surface area contributed by atoms with Crippen LogP contribution in [0.3, 0.4) is 0 Å². The van der Waals surface area contributed by atoms with Gasteiger partial charge in [0, 0.05) is 19.8 Å². The highest BCUT2D eigenvalue weighted by Gasteiger charge is 2.02. The van der Waals surface area contributed by atoms with E-state index in [0.29, 0.717) is 10.0 Å². The van der Waals surface area contributed by atoms with Crippen molar-refractivity contribution in [1.29, 1.82) is 0 Å². The van der Waals surface area contributed by atoms with Gasteiger partial charge in [0.1, 0.15) is 0 Å². The molecule has 0 saturated carbocycles. The Balaban J connectivity index is 2.16. The van der Waals surface area contributed by atoms with Crippen molar-refractivity contribution in [3.05, 3.63) is 33.8 Å². The van der Waals surface area contributed by atoms with Gasteiger partial charge in [0.2, 0.25) is 0 Å². The van der Waals surface area contributed by atoms with Crippen LogP contribution in [0.1, 0.15) is 25.3 Å². The monoisotopic (exact) mass is 275 g/mol. The molecule has 0 radical (unpaired) electrons. The maximum absolute atomic E-state index is 6.08. The Morgan fingerprint density at radius 3 is 2.82 bits per heavy atom. The fraction of sp³-hybridized carbons (Fsp3) is 0.538. The minimum absolute atomic E-state index is 0.609. The quantitative estimate of drug-likeness (QED) is 0.727. The average molecular weight is 276 g/mol. The predicted molar refractivity (Wildman–Crippen MR) is 73.9 cm³/mol. The first-order chi connectivity index (χ1) is 8.25. The average Bonchev–Trinajstić information content (AvgIpc) is 2.33. The molecule has 0 aliphatic heterocycles. The Morgan fingerprint density at radius 2 is 2.06 bits per heavy atom. The van der Waals surface area contributed by atoms with Crippen molar-refractivity contribution in [2.24, 2.45) is 0 Å². The van der Waals surface area contributed by atoms with E-state index in [9.17, 15) is 0 Å². The van der Waals surface area contributed by atoms with Crippen LogP contribution in [0.5, 0.6) is 0 Å². The summed E-state index contributed by atoms with van der Waals surface area (Å²) in [5, 5.41) is 4.57. The van der Waals surface area contributed by atoms with Crippen LogP contribution in [-0.4, -0.2) is 19.8 Å². The zero-order valence-electron chi connectivity index (χ0n) is 10.1. The van der Waals surface area contributed by atoms with Gasteiger partial charge in [0.05, 0.1) is 10.0 Å². The van der Waals surface area contributed by atoms with E-state index in [1.54, 1.807) is 6.07 Å². The molecule has 0 atom stereocenters. The summed E-state index contributed by atoms with van der Waals surface area (Å²) in [4.78, 5) is 0. The Morgan fingerprint density at radius 1 is 1.24 bits per heavy atom. The van der Waals surface area contributed by atoms with Gasteiger partial charge in [0.15, 0.2) is 0 Å². The lowest BCUT2D eigenvalue weighted by molar-refractivity contribution is 0.132. The molecule has 0 aliphatic carbocycles. The Bertz CT molecular complexity index is 331. The van der Waals surface area contributed by atoms with E-state index < -0.39 is 0 Å². The number of nitrogens with one attached hydrogen (secondary N) is 1. The standard InChI is InChI=1S/C13H19Cl2NO/c1-2-8-17-9-4-7-16-10-11-5-3-6-12(14)13(11)15/h3,5-6,16H,2,4,7-10H2,1H3. The SMILES string of the molecule is CCCOCCCNCc1cccc(Cl)c1Cl. The Kier molecular flexibility index (Phi) is 7.62. The molecule has 0 aliphatic rings. The molecule has 0 unspecified atom stereocenters. The highest BCUT2D eigenvalue weighted by Crippen LogP contribution is 2.25. The fourth-order valence-electron chi connectivity index (χ4n) is 1.45. The fourth-order valence-corrected chi connectivity index (χ4v) is 1.84. The summed E-state index contributed by atoms with van der Waals surface area (Å²) in [5.74, 6) is 0. The van der Waals surface area contributed by atoms with Gasteiger partial charge in [-0.05, 0) is 31.0 Å². The summed E-state index contributed by atoms with van der Waals surface area (Å²) < 4.78 is 5.39. The number of halogens is 2. The lowest BCUT2D eigenvalue weighted by Crippen LogP contribution is -2.16. The van der Waals surface area contributed by atoms with Crippen LogP contribution in [0.2, 0.25) is 10.0 Å². The number of ether oxygens (including phenoxy) is 1. The third-order valence-corrected chi connectivity index (χ3v) is 3.20. The molecule has 0 saturated heterocycles. The lowest BCUT2D eigenvalue weighted by Gasteiger charge is -2.08. The second-order valence-corrected chi connectivity index (χ2v) is 4.64. The maximum Gasteiger partial charge on any atom is 0.0637 e. The van der Waals surface area contributed by atoms with Gasteiger partial charge in [-0.15, -0.1) is 0 Å². The summed E-state index contributed by atoms with van der Waals surface area (Å²) in [6.07, 6.45) is 2.09. The van der Waals surface area contributed by atoms with E-state index in [4.69, 9.17) is 27.9 Å². The highest BCUT2D eigenvalue weighted by atomic mass is 35.5. The molecule has 4 heteroatoms. The van der Waals surface area contributed by atoms with Crippen molar-refractivity contribution in [2.75, 3.05) is 19.8 Å². The molecule has 0 bridgehead atoms. The molecule has 0 heterocycles. The van der Waals surface area contributed by atoms with Gasteiger partial charge in [-0.25, -0.2) is 0 Å². The minimum atomic E-state index is 0.609. The maximum atomic E-state index is 6.08. The first-order valence-corrected chi connectivity index (χ1v) is 6.72. The topological polar surface area (TPSA) is 21.3 Å². The van der Waals surface area contributed by atoms with Crippen molar-refractivity contribution in [3.8, 4) is 0 Å². The molecular formula is C13H19Cl2NO. The Labute approximate surface area is 113 Å². The zero-order chi connectivity index (χ0) is 12.5. The van der Waals surface area contributed by atoms with Crippen LogP contribution in [0, 0.1) is 0 Å². The number of hydrogen-bond acceptors (Lipinski definition) is 2.